The molecule has 1 aliphatic heterocycles. The van der Waals surface area contributed by atoms with Crippen LogP contribution in [0, 0.1) is 6.92 Å². The standard InChI is InChI=1S/C21H20F2N4O3/c1-13-4-2-3-5-14(13)15-6-7-16(26-25-15)17(28)12-27-18(29)20(24-19(27)30)8-10-21(22,23)11-9-20/h2-7H,8-12H2,1H3,(H,24,30). The number of nitrogens with one attached hydrogen (secondary N) is 1. The summed E-state index contributed by atoms with van der Waals surface area (Å²) in [6.07, 6.45) is -1.26. The van der Waals surface area contributed by atoms with Crippen molar-refractivity contribution in [3.8, 4) is 11.3 Å². The Balaban J connectivity index is 1.47. The van der Waals surface area contributed by atoms with Gasteiger partial charge in [-0.1, -0.05) is 24.3 Å². The number of aryl methyl sites for hydroxylation is 1. The van der Waals surface area contributed by atoms with Gasteiger partial charge in [0.15, 0.2) is 0 Å². The molecule has 0 bridgehead atoms. The molecule has 0 atom stereocenters. The lowest BCUT2D eigenvalue weighted by Gasteiger charge is -2.34. The number of hydrogen-bond acceptors (Lipinski definition) is 5. The second kappa shape index (κ2) is 7.23. The van der Waals surface area contributed by atoms with Crippen molar-refractivity contribution in [1.29, 1.82) is 0 Å². The summed E-state index contributed by atoms with van der Waals surface area (Å²) in [5.74, 6) is -4.03. The van der Waals surface area contributed by atoms with E-state index in [0.717, 1.165) is 16.0 Å². The molecule has 1 saturated carbocycles. The Kier molecular flexibility index (Phi) is 4.83. The number of hydrogen-bond donors (Lipinski definition) is 1. The van der Waals surface area contributed by atoms with Crippen LogP contribution in [-0.4, -0.2) is 50.8 Å². The molecule has 1 aliphatic carbocycles. The van der Waals surface area contributed by atoms with Gasteiger partial charge in [-0.2, -0.15) is 0 Å². The molecule has 30 heavy (non-hydrogen) atoms. The van der Waals surface area contributed by atoms with Gasteiger partial charge in [-0.3, -0.25) is 14.5 Å². The highest BCUT2D eigenvalue weighted by Gasteiger charge is 2.55. The third-order valence-corrected chi connectivity index (χ3v) is 5.75. The average molecular weight is 414 g/mol. The van der Waals surface area contributed by atoms with Gasteiger partial charge in [0.2, 0.25) is 11.7 Å². The number of carbonyl (C=O) groups excluding carboxylic acids is 3. The Hall–Kier alpha value is -3.23. The van der Waals surface area contributed by atoms with E-state index in [1.807, 2.05) is 31.2 Å². The Morgan fingerprint density at radius 3 is 2.40 bits per heavy atom. The van der Waals surface area contributed by atoms with Gasteiger partial charge in [0, 0.05) is 18.4 Å². The van der Waals surface area contributed by atoms with E-state index in [2.05, 4.69) is 15.5 Å². The maximum absolute atomic E-state index is 13.5. The molecule has 1 aromatic heterocycles. The summed E-state index contributed by atoms with van der Waals surface area (Å²) in [4.78, 5) is 38.4. The molecular weight excluding hydrogens is 394 g/mol. The SMILES string of the molecule is Cc1ccccc1-c1ccc(C(=O)CN2C(=O)NC3(CCC(F)(F)CC3)C2=O)nn1. The van der Waals surface area contributed by atoms with Crippen LogP contribution < -0.4 is 5.32 Å². The smallest absolute Gasteiger partial charge is 0.323 e. The number of aromatic nitrogens is 2. The maximum Gasteiger partial charge on any atom is 0.325 e. The molecule has 2 heterocycles. The second-order valence-electron chi connectivity index (χ2n) is 7.80. The molecule has 1 spiro atoms. The van der Waals surface area contributed by atoms with Gasteiger partial charge in [0.25, 0.3) is 5.91 Å². The minimum atomic E-state index is -2.84. The summed E-state index contributed by atoms with van der Waals surface area (Å²) in [6.45, 7) is 1.42. The van der Waals surface area contributed by atoms with E-state index in [4.69, 9.17) is 0 Å². The van der Waals surface area contributed by atoms with Crippen molar-refractivity contribution in [2.24, 2.45) is 0 Å². The van der Waals surface area contributed by atoms with Crippen molar-refractivity contribution in [3.63, 3.8) is 0 Å². The summed E-state index contributed by atoms with van der Waals surface area (Å²) in [7, 11) is 0. The fourth-order valence-corrected chi connectivity index (χ4v) is 3.91. The average Bonchev–Trinajstić information content (AvgIpc) is 2.95. The minimum Gasteiger partial charge on any atom is -0.323 e. The van der Waals surface area contributed by atoms with E-state index in [-0.39, 0.29) is 18.5 Å². The lowest BCUT2D eigenvalue weighted by atomic mass is 9.80. The quantitative estimate of drug-likeness (QED) is 0.613. The van der Waals surface area contributed by atoms with Crippen molar-refractivity contribution < 1.29 is 23.2 Å². The Morgan fingerprint density at radius 2 is 1.77 bits per heavy atom. The van der Waals surface area contributed by atoms with Crippen LogP contribution in [0.5, 0.6) is 0 Å². The molecule has 156 valence electrons. The summed E-state index contributed by atoms with van der Waals surface area (Å²) in [6, 6.07) is 10.0. The van der Waals surface area contributed by atoms with Gasteiger partial charge in [-0.25, -0.2) is 13.6 Å². The van der Waals surface area contributed by atoms with Crippen LogP contribution in [0.25, 0.3) is 11.3 Å². The van der Waals surface area contributed by atoms with Crippen LogP contribution in [0.4, 0.5) is 13.6 Å². The fraction of sp³-hybridized carbons (Fsp3) is 0.381. The van der Waals surface area contributed by atoms with Crippen molar-refractivity contribution >= 4 is 17.7 Å². The number of amides is 3. The van der Waals surface area contributed by atoms with Crippen LogP contribution in [-0.2, 0) is 4.79 Å². The first-order chi connectivity index (χ1) is 14.2. The summed E-state index contributed by atoms with van der Waals surface area (Å²) < 4.78 is 26.9. The zero-order valence-electron chi connectivity index (χ0n) is 16.3. The van der Waals surface area contributed by atoms with Gasteiger partial charge < -0.3 is 5.32 Å². The monoisotopic (exact) mass is 414 g/mol. The van der Waals surface area contributed by atoms with Gasteiger partial charge in [-0.15, -0.1) is 10.2 Å². The molecule has 7 nitrogen and oxygen atoms in total. The van der Waals surface area contributed by atoms with Crippen molar-refractivity contribution in [2.45, 2.75) is 44.1 Å². The number of carbonyl (C=O) groups is 3. The number of halogens is 2. The largest absolute Gasteiger partial charge is 0.325 e. The molecule has 2 fully saturated rings. The van der Waals surface area contributed by atoms with Gasteiger partial charge in [0.1, 0.15) is 11.2 Å². The van der Waals surface area contributed by atoms with E-state index in [1.54, 1.807) is 6.07 Å². The van der Waals surface area contributed by atoms with Crippen LogP contribution in [0.2, 0.25) is 0 Å². The maximum atomic E-state index is 13.5. The zero-order valence-corrected chi connectivity index (χ0v) is 16.3. The zero-order chi connectivity index (χ0) is 21.5. The minimum absolute atomic E-state index is 0.0176. The van der Waals surface area contributed by atoms with Crippen LogP contribution in [0.3, 0.4) is 0 Å². The third-order valence-electron chi connectivity index (χ3n) is 5.75. The summed E-state index contributed by atoms with van der Waals surface area (Å²) in [5, 5.41) is 10.5. The molecule has 1 aromatic carbocycles. The van der Waals surface area contributed by atoms with E-state index in [9.17, 15) is 23.2 Å². The van der Waals surface area contributed by atoms with E-state index in [0.29, 0.717) is 5.69 Å². The highest BCUT2D eigenvalue weighted by atomic mass is 19.3. The van der Waals surface area contributed by atoms with Crippen molar-refractivity contribution in [2.75, 3.05) is 6.54 Å². The Labute approximate surface area is 171 Å². The highest BCUT2D eigenvalue weighted by molar-refractivity contribution is 6.10. The van der Waals surface area contributed by atoms with Crippen molar-refractivity contribution in [3.05, 3.63) is 47.7 Å². The topological polar surface area (TPSA) is 92.3 Å². The first-order valence-corrected chi connectivity index (χ1v) is 9.66. The molecule has 2 aromatic rings. The van der Waals surface area contributed by atoms with E-state index in [1.165, 1.54) is 6.07 Å². The Morgan fingerprint density at radius 1 is 1.07 bits per heavy atom. The summed E-state index contributed by atoms with van der Waals surface area (Å²) >= 11 is 0. The second-order valence-corrected chi connectivity index (χ2v) is 7.80. The van der Waals surface area contributed by atoms with E-state index >= 15 is 0 Å². The number of alkyl halides is 2. The van der Waals surface area contributed by atoms with E-state index < -0.39 is 48.6 Å². The molecule has 9 heteroatoms. The molecule has 0 radical (unpaired) electrons. The fourth-order valence-electron chi connectivity index (χ4n) is 3.91. The molecule has 3 amide bonds. The van der Waals surface area contributed by atoms with Crippen LogP contribution in [0.15, 0.2) is 36.4 Å². The number of benzene rings is 1. The number of ketones is 1. The Bertz CT molecular complexity index is 1010. The normalized spacial score (nSPS) is 19.8. The van der Waals surface area contributed by atoms with Crippen molar-refractivity contribution in [1.82, 2.24) is 20.4 Å². The molecule has 1 saturated heterocycles. The number of rotatable bonds is 4. The van der Waals surface area contributed by atoms with Crippen LogP contribution >= 0.6 is 0 Å². The van der Waals surface area contributed by atoms with Gasteiger partial charge in [-0.05, 0) is 37.5 Å². The lowest BCUT2D eigenvalue weighted by molar-refractivity contribution is -0.135. The number of urea groups is 1. The number of Topliss-reactive ketones (excluding diaryl/α,β-unsaturated/α-hetero) is 1. The number of imide groups is 1. The summed E-state index contributed by atoms with van der Waals surface area (Å²) in [5.41, 5.74) is 1.16. The van der Waals surface area contributed by atoms with Gasteiger partial charge in [0.05, 0.1) is 12.2 Å². The first kappa shape index (κ1) is 20.1. The highest BCUT2D eigenvalue weighted by Crippen LogP contribution is 2.41. The molecule has 2 aliphatic rings. The van der Waals surface area contributed by atoms with Gasteiger partial charge >= 0.3 is 6.03 Å². The predicted molar refractivity (Wildman–Crippen MR) is 103 cm³/mol. The first-order valence-electron chi connectivity index (χ1n) is 9.66. The number of nitrogens with zero attached hydrogens (tertiary/aromatic N) is 3. The molecule has 4 rings (SSSR count). The molecular formula is C21H20F2N4O3. The molecule has 1 N–H and O–H groups in total. The predicted octanol–water partition coefficient (Wildman–Crippen LogP) is 3.13. The van der Waals surface area contributed by atoms with Crippen LogP contribution in [0.1, 0.15) is 41.7 Å². The molecule has 0 unspecified atom stereocenters. The lowest BCUT2D eigenvalue weighted by Crippen LogP contribution is -2.51. The third kappa shape index (κ3) is 3.55.